The van der Waals surface area contributed by atoms with E-state index in [1.807, 2.05) is 0 Å². The van der Waals surface area contributed by atoms with Crippen LogP contribution in [0.5, 0.6) is 0 Å². The van der Waals surface area contributed by atoms with E-state index in [1.54, 1.807) is 0 Å². The summed E-state index contributed by atoms with van der Waals surface area (Å²) in [6, 6.07) is 1.45. The third kappa shape index (κ3) is 3.02. The highest BCUT2D eigenvalue weighted by Gasteiger charge is 2.38. The minimum atomic E-state index is -4.80. The van der Waals surface area contributed by atoms with Gasteiger partial charge < -0.3 is 0 Å². The van der Waals surface area contributed by atoms with Crippen LogP contribution in [0.1, 0.15) is 23.1 Å². The van der Waals surface area contributed by atoms with Crippen LogP contribution in [0.25, 0.3) is 0 Å². The van der Waals surface area contributed by atoms with E-state index in [-0.39, 0.29) is 0 Å². The normalized spacial score (nSPS) is 11.6. The van der Waals surface area contributed by atoms with Gasteiger partial charge in [0.25, 0.3) is 6.43 Å². The summed E-state index contributed by atoms with van der Waals surface area (Å²) in [5, 5.41) is 8.42. The van der Waals surface area contributed by atoms with E-state index in [0.29, 0.717) is 6.20 Å². The van der Waals surface area contributed by atoms with Crippen LogP contribution in [0.4, 0.5) is 22.0 Å². The predicted molar refractivity (Wildman–Crippen MR) is 56.2 cm³/mol. The molecule has 0 N–H and O–H groups in total. The zero-order valence-corrected chi connectivity index (χ0v) is 10.2. The smallest absolute Gasteiger partial charge is 0.249 e. The van der Waals surface area contributed by atoms with Crippen LogP contribution in [-0.4, -0.2) is 4.98 Å². The highest BCUT2D eigenvalue weighted by molar-refractivity contribution is 14.1. The van der Waals surface area contributed by atoms with E-state index < -0.39 is 39.4 Å². The van der Waals surface area contributed by atoms with Crippen molar-refractivity contribution in [2.24, 2.45) is 0 Å². The van der Waals surface area contributed by atoms with Crippen molar-refractivity contribution in [1.29, 1.82) is 5.26 Å². The summed E-state index contributed by atoms with van der Waals surface area (Å²) in [5.74, 6) is 0. The molecule has 0 unspecified atom stereocenters. The van der Waals surface area contributed by atoms with E-state index in [9.17, 15) is 22.0 Å². The van der Waals surface area contributed by atoms with Gasteiger partial charge in [0, 0.05) is 11.8 Å². The lowest BCUT2D eigenvalue weighted by Gasteiger charge is -2.15. The van der Waals surface area contributed by atoms with E-state index in [0.717, 1.165) is 0 Å². The summed E-state index contributed by atoms with van der Waals surface area (Å²) >= 11 is 1.31. The van der Waals surface area contributed by atoms with Gasteiger partial charge in [-0.25, -0.2) is 13.8 Å². The van der Waals surface area contributed by atoms with Crippen molar-refractivity contribution >= 4 is 22.6 Å². The van der Waals surface area contributed by atoms with Gasteiger partial charge in [0.2, 0.25) is 0 Å². The molecule has 0 saturated carbocycles. The Morgan fingerprint density at radius 1 is 1.41 bits per heavy atom. The Hall–Kier alpha value is -0.980. The molecule has 0 amide bonds. The van der Waals surface area contributed by atoms with Gasteiger partial charge in [0.1, 0.15) is 3.70 Å². The van der Waals surface area contributed by atoms with Crippen LogP contribution in [0, 0.1) is 15.0 Å². The van der Waals surface area contributed by atoms with Crippen LogP contribution >= 0.6 is 22.6 Å². The monoisotopic (exact) mass is 362 g/mol. The fourth-order valence-corrected chi connectivity index (χ4v) is 2.05. The minimum Gasteiger partial charge on any atom is -0.249 e. The summed E-state index contributed by atoms with van der Waals surface area (Å²) in [7, 11) is 0. The molecule has 0 radical (unpaired) electrons. The molecule has 2 nitrogen and oxygen atoms in total. The van der Waals surface area contributed by atoms with Crippen LogP contribution in [0.3, 0.4) is 0 Å². The Bertz CT molecular complexity index is 464. The molecule has 0 aliphatic rings. The van der Waals surface area contributed by atoms with Crippen LogP contribution < -0.4 is 0 Å². The lowest BCUT2D eigenvalue weighted by atomic mass is 10.0. The third-order valence-corrected chi connectivity index (χ3v) is 2.77. The molecular weight excluding hydrogens is 358 g/mol. The lowest BCUT2D eigenvalue weighted by molar-refractivity contribution is -0.139. The van der Waals surface area contributed by atoms with Gasteiger partial charge in [-0.2, -0.15) is 18.4 Å². The summed E-state index contributed by atoms with van der Waals surface area (Å²) in [5.41, 5.74) is -2.80. The largest absolute Gasteiger partial charge is 0.419 e. The first-order valence-electron chi connectivity index (χ1n) is 4.18. The highest BCUT2D eigenvalue weighted by Crippen LogP contribution is 2.38. The third-order valence-electron chi connectivity index (χ3n) is 1.95. The zero-order chi connectivity index (χ0) is 13.2. The average Bonchev–Trinajstić information content (AvgIpc) is 2.15. The molecule has 0 aromatic carbocycles. The van der Waals surface area contributed by atoms with Crippen molar-refractivity contribution in [3.63, 3.8) is 0 Å². The van der Waals surface area contributed by atoms with Gasteiger partial charge in [0.15, 0.2) is 0 Å². The van der Waals surface area contributed by atoms with Gasteiger partial charge >= 0.3 is 6.18 Å². The Balaban J connectivity index is 3.56. The van der Waals surface area contributed by atoms with Crippen molar-refractivity contribution in [1.82, 2.24) is 4.98 Å². The Kier molecular flexibility index (Phi) is 4.24. The summed E-state index contributed by atoms with van der Waals surface area (Å²) in [4.78, 5) is 3.29. The second kappa shape index (κ2) is 5.12. The van der Waals surface area contributed by atoms with E-state index in [2.05, 4.69) is 4.98 Å². The zero-order valence-electron chi connectivity index (χ0n) is 8.02. The molecule has 92 valence electrons. The number of hydrogen-bond acceptors (Lipinski definition) is 2. The maximum Gasteiger partial charge on any atom is 0.419 e. The average molecular weight is 362 g/mol. The van der Waals surface area contributed by atoms with Gasteiger partial charge in [-0.3, -0.25) is 0 Å². The Labute approximate surface area is 107 Å². The standard InChI is InChI=1S/C9H4F5IN2/c10-7(11)5-3-17-8(15)6(9(12,13)14)4(5)1-2-16/h3,7H,1H2. The highest BCUT2D eigenvalue weighted by atomic mass is 127. The summed E-state index contributed by atoms with van der Waals surface area (Å²) in [6.45, 7) is 0. The van der Waals surface area contributed by atoms with Crippen molar-refractivity contribution in [2.75, 3.05) is 0 Å². The number of halogens is 6. The number of aromatic nitrogens is 1. The molecule has 0 bridgehead atoms. The lowest BCUT2D eigenvalue weighted by Crippen LogP contribution is -2.15. The fourth-order valence-electron chi connectivity index (χ4n) is 1.28. The predicted octanol–water partition coefficient (Wildman–Crippen LogP) is 3.71. The van der Waals surface area contributed by atoms with E-state index >= 15 is 0 Å². The van der Waals surface area contributed by atoms with Crippen molar-refractivity contribution in [2.45, 2.75) is 19.0 Å². The summed E-state index contributed by atoms with van der Waals surface area (Å²) < 4.78 is 62.7. The molecule has 8 heteroatoms. The number of rotatable bonds is 2. The Morgan fingerprint density at radius 3 is 2.41 bits per heavy atom. The molecular formula is C9H4F5IN2. The van der Waals surface area contributed by atoms with E-state index in [4.69, 9.17) is 5.26 Å². The number of pyridine rings is 1. The van der Waals surface area contributed by atoms with Crippen molar-refractivity contribution < 1.29 is 22.0 Å². The minimum absolute atomic E-state index is 0.440. The second-order valence-electron chi connectivity index (χ2n) is 2.99. The van der Waals surface area contributed by atoms with E-state index in [1.165, 1.54) is 28.7 Å². The van der Waals surface area contributed by atoms with Gasteiger partial charge in [-0.1, -0.05) is 0 Å². The topological polar surface area (TPSA) is 36.7 Å². The van der Waals surface area contributed by atoms with Crippen molar-refractivity contribution in [3.05, 3.63) is 26.6 Å². The summed E-state index contributed by atoms with van der Waals surface area (Å²) in [6.07, 6.45) is -7.95. The molecule has 1 aromatic heterocycles. The number of nitrogens with zero attached hydrogens (tertiary/aromatic N) is 2. The number of hydrogen-bond donors (Lipinski definition) is 0. The number of nitriles is 1. The molecule has 17 heavy (non-hydrogen) atoms. The molecule has 0 spiro atoms. The molecule has 1 rings (SSSR count). The van der Waals surface area contributed by atoms with Crippen molar-refractivity contribution in [3.8, 4) is 6.07 Å². The number of alkyl halides is 5. The molecule has 0 fully saturated rings. The molecule has 1 heterocycles. The molecule has 0 atom stereocenters. The molecule has 0 aliphatic heterocycles. The first kappa shape index (κ1) is 14.1. The quantitative estimate of drug-likeness (QED) is 0.457. The first-order chi connectivity index (χ1) is 7.79. The fraction of sp³-hybridized carbons (Fsp3) is 0.333. The SMILES string of the molecule is N#CCc1c(C(F)F)cnc(I)c1C(F)(F)F. The molecule has 0 saturated heterocycles. The van der Waals surface area contributed by atoms with Crippen LogP contribution in [0.2, 0.25) is 0 Å². The van der Waals surface area contributed by atoms with Gasteiger partial charge in [0.05, 0.1) is 18.1 Å². The van der Waals surface area contributed by atoms with Gasteiger partial charge in [-0.15, -0.1) is 0 Å². The first-order valence-corrected chi connectivity index (χ1v) is 5.26. The van der Waals surface area contributed by atoms with Gasteiger partial charge in [-0.05, 0) is 28.2 Å². The van der Waals surface area contributed by atoms with Crippen LogP contribution in [0.15, 0.2) is 6.20 Å². The maximum atomic E-state index is 12.7. The van der Waals surface area contributed by atoms with Crippen LogP contribution in [-0.2, 0) is 12.6 Å². The Morgan fingerprint density at radius 2 is 2.00 bits per heavy atom. The molecule has 0 aliphatic carbocycles. The molecule has 1 aromatic rings. The maximum absolute atomic E-state index is 12.7. The second-order valence-corrected chi connectivity index (χ2v) is 4.01.